The lowest BCUT2D eigenvalue weighted by Gasteiger charge is -2.18. The molecule has 0 saturated heterocycles. The third kappa shape index (κ3) is 4.35. The first kappa shape index (κ1) is 14.5. The number of nitrogens with two attached hydrogens (primary N) is 1. The van der Waals surface area contributed by atoms with Gasteiger partial charge in [0.2, 0.25) is 0 Å². The van der Waals surface area contributed by atoms with Gasteiger partial charge in [-0.1, -0.05) is 12.1 Å². The fraction of sp³-hybridized carbons (Fsp3) is 0.462. The van der Waals surface area contributed by atoms with Gasteiger partial charge in [-0.25, -0.2) is 0 Å². The van der Waals surface area contributed by atoms with Crippen LogP contribution in [-0.2, 0) is 11.4 Å². The Morgan fingerprint density at radius 2 is 2.00 bits per heavy atom. The highest BCUT2D eigenvalue weighted by molar-refractivity contribution is 5.77. The summed E-state index contributed by atoms with van der Waals surface area (Å²) < 4.78 is 5.45. The van der Waals surface area contributed by atoms with Crippen LogP contribution < -0.4 is 10.5 Å². The molecule has 1 aromatic carbocycles. The van der Waals surface area contributed by atoms with E-state index in [2.05, 4.69) is 0 Å². The molecule has 0 saturated carbocycles. The summed E-state index contributed by atoms with van der Waals surface area (Å²) >= 11 is 0. The summed E-state index contributed by atoms with van der Waals surface area (Å²) in [7, 11) is 0. The Labute approximate surface area is 106 Å². The van der Waals surface area contributed by atoms with E-state index in [-0.39, 0.29) is 6.61 Å². The molecule has 1 atom stereocenters. The highest BCUT2D eigenvalue weighted by atomic mass is 16.5. The third-order valence-electron chi connectivity index (χ3n) is 2.70. The second-order valence-corrected chi connectivity index (χ2v) is 4.48. The van der Waals surface area contributed by atoms with Crippen LogP contribution >= 0.6 is 0 Å². The molecule has 0 aromatic heterocycles. The van der Waals surface area contributed by atoms with E-state index in [4.69, 9.17) is 20.7 Å². The molecule has 5 heteroatoms. The molecule has 1 rings (SSSR count). The van der Waals surface area contributed by atoms with E-state index in [1.807, 2.05) is 0 Å². The molecule has 1 aromatic rings. The van der Waals surface area contributed by atoms with Crippen molar-refractivity contribution in [2.24, 2.45) is 5.73 Å². The smallest absolute Gasteiger partial charge is 0.323 e. The number of aliphatic carboxylic acids is 1. The maximum absolute atomic E-state index is 10.8. The predicted molar refractivity (Wildman–Crippen MR) is 67.3 cm³/mol. The monoisotopic (exact) mass is 253 g/mol. The zero-order chi connectivity index (χ0) is 13.6. The largest absolute Gasteiger partial charge is 0.494 e. The zero-order valence-corrected chi connectivity index (χ0v) is 10.4. The number of ether oxygens (including phenoxy) is 1. The minimum atomic E-state index is -1.20. The van der Waals surface area contributed by atoms with Crippen LogP contribution in [-0.4, -0.2) is 28.3 Å². The molecule has 0 radical (unpaired) electrons. The Morgan fingerprint density at radius 1 is 1.39 bits per heavy atom. The van der Waals surface area contributed by atoms with Crippen LogP contribution in [0.5, 0.6) is 5.75 Å². The Balaban J connectivity index is 2.31. The Hall–Kier alpha value is -1.59. The summed E-state index contributed by atoms with van der Waals surface area (Å²) in [6, 6.07) is 7.09. The van der Waals surface area contributed by atoms with Gasteiger partial charge < -0.3 is 20.7 Å². The van der Waals surface area contributed by atoms with Crippen LogP contribution in [0.25, 0.3) is 0 Å². The number of carbonyl (C=O) groups is 1. The van der Waals surface area contributed by atoms with Crippen LogP contribution in [0.2, 0.25) is 0 Å². The lowest BCUT2D eigenvalue weighted by atomic mass is 9.98. The Morgan fingerprint density at radius 3 is 2.50 bits per heavy atom. The van der Waals surface area contributed by atoms with Gasteiger partial charge in [0.15, 0.2) is 0 Å². The predicted octanol–water partition coefficient (Wildman–Crippen LogP) is 1.14. The first-order valence-electron chi connectivity index (χ1n) is 5.80. The van der Waals surface area contributed by atoms with E-state index in [0.717, 1.165) is 5.56 Å². The van der Waals surface area contributed by atoms with E-state index in [9.17, 15) is 4.79 Å². The van der Waals surface area contributed by atoms with Gasteiger partial charge in [-0.3, -0.25) is 4.79 Å². The average Bonchev–Trinajstić information content (AvgIpc) is 2.35. The molecule has 0 aliphatic rings. The molecule has 4 N–H and O–H groups in total. The molecule has 0 fully saturated rings. The quantitative estimate of drug-likeness (QED) is 0.634. The standard InChI is InChI=1S/C13H19NO4/c1-13(14,12(16)17)7-2-8-18-11-5-3-10(9-15)4-6-11/h3-6,15H,2,7-9,14H2,1H3,(H,16,17). The molecule has 18 heavy (non-hydrogen) atoms. The molecule has 0 aliphatic heterocycles. The van der Waals surface area contributed by atoms with Gasteiger partial charge in [0.1, 0.15) is 11.3 Å². The minimum Gasteiger partial charge on any atom is -0.494 e. The van der Waals surface area contributed by atoms with Gasteiger partial charge in [-0.15, -0.1) is 0 Å². The summed E-state index contributed by atoms with van der Waals surface area (Å²) in [5.41, 5.74) is 5.21. The first-order valence-corrected chi connectivity index (χ1v) is 5.80. The number of aliphatic hydroxyl groups excluding tert-OH is 1. The summed E-state index contributed by atoms with van der Waals surface area (Å²) in [5, 5.41) is 17.7. The maximum Gasteiger partial charge on any atom is 0.323 e. The number of hydrogen-bond donors (Lipinski definition) is 3. The lowest BCUT2D eigenvalue weighted by Crippen LogP contribution is -2.44. The first-order chi connectivity index (χ1) is 8.45. The van der Waals surface area contributed by atoms with Crippen LogP contribution in [0, 0.1) is 0 Å². The number of carboxylic acids is 1. The van der Waals surface area contributed by atoms with Crippen LogP contribution in [0.15, 0.2) is 24.3 Å². The SMILES string of the molecule is CC(N)(CCCOc1ccc(CO)cc1)C(=O)O. The van der Waals surface area contributed by atoms with Crippen molar-refractivity contribution in [2.75, 3.05) is 6.61 Å². The molecular formula is C13H19NO4. The molecule has 0 aliphatic carbocycles. The molecule has 0 heterocycles. The van der Waals surface area contributed by atoms with E-state index in [1.165, 1.54) is 6.92 Å². The number of carboxylic acid groups (broad SMARTS) is 1. The van der Waals surface area contributed by atoms with Gasteiger partial charge in [0.25, 0.3) is 0 Å². The van der Waals surface area contributed by atoms with Gasteiger partial charge in [-0.2, -0.15) is 0 Å². The maximum atomic E-state index is 10.8. The van der Waals surface area contributed by atoms with Crippen molar-refractivity contribution in [3.8, 4) is 5.75 Å². The van der Waals surface area contributed by atoms with Crippen LogP contribution in [0.3, 0.4) is 0 Å². The number of aliphatic hydroxyl groups is 1. The van der Waals surface area contributed by atoms with Crippen molar-refractivity contribution < 1.29 is 19.7 Å². The van der Waals surface area contributed by atoms with Crippen molar-refractivity contribution >= 4 is 5.97 Å². The molecule has 100 valence electrons. The van der Waals surface area contributed by atoms with Gasteiger partial charge in [-0.05, 0) is 37.5 Å². The Bertz CT molecular complexity index is 386. The second kappa shape index (κ2) is 6.37. The number of hydrogen-bond acceptors (Lipinski definition) is 4. The fourth-order valence-corrected chi connectivity index (χ4v) is 1.43. The van der Waals surface area contributed by atoms with Crippen molar-refractivity contribution in [3.05, 3.63) is 29.8 Å². The fourth-order valence-electron chi connectivity index (χ4n) is 1.43. The van der Waals surface area contributed by atoms with E-state index >= 15 is 0 Å². The molecular weight excluding hydrogens is 234 g/mol. The molecule has 0 spiro atoms. The lowest BCUT2D eigenvalue weighted by molar-refractivity contribution is -0.142. The van der Waals surface area contributed by atoms with Gasteiger partial charge >= 0.3 is 5.97 Å². The summed E-state index contributed by atoms with van der Waals surface area (Å²) in [4.78, 5) is 10.8. The summed E-state index contributed by atoms with van der Waals surface area (Å²) in [6.07, 6.45) is 0.929. The van der Waals surface area contributed by atoms with E-state index in [1.54, 1.807) is 24.3 Å². The Kier molecular flexibility index (Phi) is 5.12. The van der Waals surface area contributed by atoms with Gasteiger partial charge in [0, 0.05) is 0 Å². The number of rotatable bonds is 7. The van der Waals surface area contributed by atoms with Gasteiger partial charge in [0.05, 0.1) is 13.2 Å². The molecule has 5 nitrogen and oxygen atoms in total. The van der Waals surface area contributed by atoms with Crippen molar-refractivity contribution in [1.82, 2.24) is 0 Å². The highest BCUT2D eigenvalue weighted by Crippen LogP contribution is 2.14. The van der Waals surface area contributed by atoms with Crippen LogP contribution in [0.4, 0.5) is 0 Å². The van der Waals surface area contributed by atoms with E-state index < -0.39 is 11.5 Å². The zero-order valence-electron chi connectivity index (χ0n) is 10.4. The van der Waals surface area contributed by atoms with Crippen molar-refractivity contribution in [1.29, 1.82) is 0 Å². The summed E-state index contributed by atoms with van der Waals surface area (Å²) in [5.74, 6) is -0.309. The minimum absolute atomic E-state index is 0.00438. The number of benzene rings is 1. The third-order valence-corrected chi connectivity index (χ3v) is 2.70. The topological polar surface area (TPSA) is 92.8 Å². The average molecular weight is 253 g/mol. The normalized spacial score (nSPS) is 13.9. The highest BCUT2D eigenvalue weighted by Gasteiger charge is 2.26. The van der Waals surface area contributed by atoms with Crippen LogP contribution in [0.1, 0.15) is 25.3 Å². The van der Waals surface area contributed by atoms with Crippen molar-refractivity contribution in [2.45, 2.75) is 31.9 Å². The second-order valence-electron chi connectivity index (χ2n) is 4.48. The molecule has 0 bridgehead atoms. The molecule has 1 unspecified atom stereocenters. The summed E-state index contributed by atoms with van der Waals surface area (Å²) in [6.45, 7) is 1.91. The van der Waals surface area contributed by atoms with E-state index in [0.29, 0.717) is 25.2 Å². The van der Waals surface area contributed by atoms with Crippen molar-refractivity contribution in [3.63, 3.8) is 0 Å². The molecule has 0 amide bonds.